The molecular weight excluding hydrogens is 493 g/mol. The van der Waals surface area contributed by atoms with Gasteiger partial charge in [-0.2, -0.15) is 0 Å². The Labute approximate surface area is 199 Å². The third-order valence-electron chi connectivity index (χ3n) is 5.77. The van der Waals surface area contributed by atoms with Crippen molar-refractivity contribution in [3.05, 3.63) is 24.2 Å². The van der Waals surface area contributed by atoms with E-state index in [1.165, 1.54) is 25.7 Å². The van der Waals surface area contributed by atoms with E-state index in [9.17, 15) is 0 Å². The summed E-state index contributed by atoms with van der Waals surface area (Å²) in [5.41, 5.74) is 0. The van der Waals surface area contributed by atoms with Crippen LogP contribution in [0.2, 0.25) is 0 Å². The van der Waals surface area contributed by atoms with Crippen LogP contribution in [0.1, 0.15) is 50.8 Å². The lowest BCUT2D eigenvalue weighted by Gasteiger charge is -2.32. The number of morpholine rings is 1. The number of nitrogens with zero attached hydrogens (tertiary/aromatic N) is 3. The summed E-state index contributed by atoms with van der Waals surface area (Å²) in [6, 6.07) is 4.29. The van der Waals surface area contributed by atoms with E-state index in [0.29, 0.717) is 0 Å². The van der Waals surface area contributed by atoms with Gasteiger partial charge in [-0.25, -0.2) is 0 Å². The lowest BCUT2D eigenvalue weighted by Crippen LogP contribution is -2.40. The number of hydrogen-bond donors (Lipinski definition) is 2. The highest BCUT2D eigenvalue weighted by Gasteiger charge is 2.24. The standard InChI is InChI=1S/C22H39N5O2.HI/c1-2-23-22(24-10-4-7-11-26-14-17-28-18-15-26)25-19-20(21-9-8-16-29-21)27-12-5-3-6-13-27;/h8-9,16,20H,2-7,10-15,17-19H2,1H3,(H2,23,24,25);1H. The maximum absolute atomic E-state index is 5.75. The predicted octanol–water partition coefficient (Wildman–Crippen LogP) is 3.09. The largest absolute Gasteiger partial charge is 0.468 e. The van der Waals surface area contributed by atoms with Crippen LogP contribution in [0.15, 0.2) is 27.8 Å². The van der Waals surface area contributed by atoms with E-state index in [2.05, 4.69) is 33.4 Å². The van der Waals surface area contributed by atoms with Crippen molar-refractivity contribution in [3.63, 3.8) is 0 Å². The molecule has 0 amide bonds. The molecule has 172 valence electrons. The molecule has 0 radical (unpaired) electrons. The molecule has 1 atom stereocenters. The quantitative estimate of drug-likeness (QED) is 0.209. The first-order valence-electron chi connectivity index (χ1n) is 11.5. The number of hydrogen-bond acceptors (Lipinski definition) is 5. The Morgan fingerprint density at radius 3 is 2.60 bits per heavy atom. The van der Waals surface area contributed by atoms with E-state index in [1.807, 2.05) is 6.07 Å². The number of nitrogens with one attached hydrogen (secondary N) is 2. The first kappa shape index (κ1) is 25.4. The predicted molar refractivity (Wildman–Crippen MR) is 133 cm³/mol. The topological polar surface area (TPSA) is 65.3 Å². The maximum Gasteiger partial charge on any atom is 0.191 e. The fourth-order valence-electron chi connectivity index (χ4n) is 4.11. The fourth-order valence-corrected chi connectivity index (χ4v) is 4.11. The number of piperidine rings is 1. The number of ether oxygens (including phenoxy) is 1. The van der Waals surface area contributed by atoms with Crippen molar-refractivity contribution in [2.24, 2.45) is 4.99 Å². The van der Waals surface area contributed by atoms with E-state index >= 15 is 0 Å². The van der Waals surface area contributed by atoms with Gasteiger partial charge < -0.3 is 19.8 Å². The van der Waals surface area contributed by atoms with E-state index in [4.69, 9.17) is 14.1 Å². The molecule has 0 aliphatic carbocycles. The van der Waals surface area contributed by atoms with E-state index in [-0.39, 0.29) is 30.0 Å². The Bertz CT molecular complexity index is 572. The van der Waals surface area contributed by atoms with Crippen LogP contribution in [0.5, 0.6) is 0 Å². The third kappa shape index (κ3) is 8.72. The molecule has 30 heavy (non-hydrogen) atoms. The van der Waals surface area contributed by atoms with Gasteiger partial charge in [0.2, 0.25) is 0 Å². The van der Waals surface area contributed by atoms with E-state index in [0.717, 1.165) is 83.7 Å². The van der Waals surface area contributed by atoms with Gasteiger partial charge in [0.15, 0.2) is 5.96 Å². The highest BCUT2D eigenvalue weighted by molar-refractivity contribution is 14.0. The van der Waals surface area contributed by atoms with Gasteiger partial charge in [0.1, 0.15) is 5.76 Å². The maximum atomic E-state index is 5.75. The summed E-state index contributed by atoms with van der Waals surface area (Å²) in [7, 11) is 0. The summed E-state index contributed by atoms with van der Waals surface area (Å²) in [5.74, 6) is 1.93. The average molecular weight is 533 g/mol. The van der Waals surface area contributed by atoms with Gasteiger partial charge in [0, 0.05) is 26.2 Å². The zero-order valence-electron chi connectivity index (χ0n) is 18.5. The average Bonchev–Trinajstić information content (AvgIpc) is 3.29. The van der Waals surface area contributed by atoms with E-state index in [1.54, 1.807) is 6.26 Å². The van der Waals surface area contributed by atoms with Crippen molar-refractivity contribution in [3.8, 4) is 0 Å². The molecule has 3 rings (SSSR count). The summed E-state index contributed by atoms with van der Waals surface area (Å²) < 4.78 is 11.2. The van der Waals surface area contributed by atoms with Crippen molar-refractivity contribution in [2.75, 3.05) is 65.6 Å². The number of halogens is 1. The number of rotatable bonds is 10. The first-order chi connectivity index (χ1) is 14.4. The Morgan fingerprint density at radius 1 is 1.10 bits per heavy atom. The minimum Gasteiger partial charge on any atom is -0.468 e. The van der Waals surface area contributed by atoms with Crippen molar-refractivity contribution in [1.29, 1.82) is 0 Å². The minimum absolute atomic E-state index is 0. The second kappa shape index (κ2) is 15.0. The molecule has 0 saturated carbocycles. The molecule has 2 fully saturated rings. The molecule has 8 heteroatoms. The second-order valence-electron chi connectivity index (χ2n) is 7.94. The van der Waals surface area contributed by atoms with Gasteiger partial charge in [0.25, 0.3) is 0 Å². The number of guanidine groups is 1. The van der Waals surface area contributed by atoms with Gasteiger partial charge in [0.05, 0.1) is 32.1 Å². The van der Waals surface area contributed by atoms with Gasteiger partial charge in [-0.15, -0.1) is 24.0 Å². The molecule has 2 aliphatic rings. The van der Waals surface area contributed by atoms with Crippen LogP contribution in [-0.4, -0.2) is 81.3 Å². The second-order valence-corrected chi connectivity index (χ2v) is 7.94. The summed E-state index contributed by atoms with van der Waals surface area (Å²) in [6.07, 6.45) is 7.99. The van der Waals surface area contributed by atoms with Crippen LogP contribution in [0, 0.1) is 0 Å². The minimum atomic E-state index is 0. The van der Waals surface area contributed by atoms with Gasteiger partial charge >= 0.3 is 0 Å². The summed E-state index contributed by atoms with van der Waals surface area (Å²) in [4.78, 5) is 9.92. The molecule has 2 saturated heterocycles. The normalized spacial score (nSPS) is 19.8. The van der Waals surface area contributed by atoms with Crippen LogP contribution < -0.4 is 10.6 Å². The number of likely N-dealkylation sites (tertiary alicyclic amines) is 1. The third-order valence-corrected chi connectivity index (χ3v) is 5.77. The zero-order chi connectivity index (χ0) is 20.2. The fraction of sp³-hybridized carbons (Fsp3) is 0.773. The number of furan rings is 1. The van der Waals surface area contributed by atoms with Crippen molar-refractivity contribution in [2.45, 2.75) is 45.1 Å². The van der Waals surface area contributed by atoms with E-state index < -0.39 is 0 Å². The van der Waals surface area contributed by atoms with Crippen molar-refractivity contribution >= 4 is 29.9 Å². The molecule has 2 aliphatic heterocycles. The van der Waals surface area contributed by atoms with Crippen LogP contribution >= 0.6 is 24.0 Å². The number of aliphatic imine (C=N–C) groups is 1. The Hall–Kier alpha value is -0.840. The van der Waals surface area contributed by atoms with Crippen LogP contribution in [-0.2, 0) is 4.74 Å². The molecule has 3 heterocycles. The molecule has 7 nitrogen and oxygen atoms in total. The number of unbranched alkanes of at least 4 members (excludes halogenated alkanes) is 1. The molecule has 1 unspecified atom stereocenters. The summed E-state index contributed by atoms with van der Waals surface area (Å²) in [5, 5.41) is 6.90. The highest BCUT2D eigenvalue weighted by Crippen LogP contribution is 2.25. The Balaban J connectivity index is 0.00000320. The van der Waals surface area contributed by atoms with Crippen LogP contribution in [0.3, 0.4) is 0 Å². The highest BCUT2D eigenvalue weighted by atomic mass is 127. The Kier molecular flexibility index (Phi) is 12.7. The molecule has 0 aromatic carbocycles. The van der Waals surface area contributed by atoms with Gasteiger partial charge in [-0.1, -0.05) is 6.42 Å². The molecule has 1 aromatic rings. The first-order valence-corrected chi connectivity index (χ1v) is 11.5. The zero-order valence-corrected chi connectivity index (χ0v) is 20.8. The molecule has 1 aromatic heterocycles. The van der Waals surface area contributed by atoms with Crippen molar-refractivity contribution < 1.29 is 9.15 Å². The Morgan fingerprint density at radius 2 is 1.90 bits per heavy atom. The smallest absolute Gasteiger partial charge is 0.191 e. The molecule has 2 N–H and O–H groups in total. The van der Waals surface area contributed by atoms with Crippen LogP contribution in [0.4, 0.5) is 0 Å². The van der Waals surface area contributed by atoms with Crippen LogP contribution in [0.25, 0.3) is 0 Å². The summed E-state index contributed by atoms with van der Waals surface area (Å²) in [6.45, 7) is 12.0. The molecule has 0 spiro atoms. The van der Waals surface area contributed by atoms with Gasteiger partial charge in [-0.3, -0.25) is 14.8 Å². The lowest BCUT2D eigenvalue weighted by molar-refractivity contribution is 0.0372. The summed E-state index contributed by atoms with van der Waals surface area (Å²) >= 11 is 0. The monoisotopic (exact) mass is 533 g/mol. The van der Waals surface area contributed by atoms with Crippen molar-refractivity contribution in [1.82, 2.24) is 20.4 Å². The lowest BCUT2D eigenvalue weighted by atomic mass is 10.1. The van der Waals surface area contributed by atoms with Gasteiger partial charge in [-0.05, 0) is 64.4 Å². The SMILES string of the molecule is CCNC(=NCC(c1ccco1)N1CCCCC1)NCCCCN1CCOCC1.I. The molecular formula is C22H40IN5O2. The molecule has 0 bridgehead atoms.